The molecule has 1 aromatic carbocycles. The third-order valence-electron chi connectivity index (χ3n) is 9.52. The number of aromatic nitrogens is 2. The predicted molar refractivity (Wildman–Crippen MR) is 161 cm³/mol. The molecule has 0 unspecified atom stereocenters. The van der Waals surface area contributed by atoms with Crippen molar-refractivity contribution >= 4 is 39.3 Å². The molecule has 2 aromatic rings. The lowest BCUT2D eigenvalue weighted by Crippen LogP contribution is -2.41. The van der Waals surface area contributed by atoms with Gasteiger partial charge >= 0.3 is 6.09 Å². The molecule has 42 heavy (non-hydrogen) atoms. The molecule has 2 aliphatic heterocycles. The van der Waals surface area contributed by atoms with Crippen LogP contribution in [0.25, 0.3) is 11.3 Å². The van der Waals surface area contributed by atoms with Crippen LogP contribution < -0.4 is 11.1 Å². The normalized spacial score (nSPS) is 26.7. The van der Waals surface area contributed by atoms with Crippen molar-refractivity contribution in [3.63, 3.8) is 0 Å². The number of benzene rings is 1. The average Bonchev–Trinajstić information content (AvgIpc) is 3.56. The van der Waals surface area contributed by atoms with Crippen molar-refractivity contribution in [2.45, 2.75) is 64.0 Å². The number of carboxylic acid groups (broad SMARTS) is 1. The van der Waals surface area contributed by atoms with Crippen LogP contribution in [-0.2, 0) is 14.8 Å². The third-order valence-corrected chi connectivity index (χ3v) is 11.1. The van der Waals surface area contributed by atoms with Gasteiger partial charge in [0, 0.05) is 42.8 Å². The quantitative estimate of drug-likeness (QED) is 0.353. The van der Waals surface area contributed by atoms with Gasteiger partial charge in [-0.15, -0.1) is 0 Å². The van der Waals surface area contributed by atoms with Crippen molar-refractivity contribution < 1.29 is 23.1 Å². The van der Waals surface area contributed by atoms with E-state index in [0.717, 1.165) is 50.5 Å². The van der Waals surface area contributed by atoms with Gasteiger partial charge in [-0.05, 0) is 81.8 Å². The highest BCUT2D eigenvalue weighted by Crippen LogP contribution is 2.44. The molecule has 1 aliphatic carbocycles. The average molecular weight is 621 g/mol. The lowest BCUT2D eigenvalue weighted by molar-refractivity contribution is -0.138. The summed E-state index contributed by atoms with van der Waals surface area (Å²) >= 11 is 6.64. The van der Waals surface area contributed by atoms with Gasteiger partial charge in [-0.2, -0.15) is 0 Å². The zero-order chi connectivity index (χ0) is 30.2. The van der Waals surface area contributed by atoms with Crippen molar-refractivity contribution in [1.29, 1.82) is 0 Å². The number of rotatable bonds is 7. The Morgan fingerprint density at radius 2 is 1.74 bits per heavy atom. The first-order chi connectivity index (χ1) is 19.9. The van der Waals surface area contributed by atoms with Gasteiger partial charge in [0.15, 0.2) is 0 Å². The van der Waals surface area contributed by atoms with Gasteiger partial charge < -0.3 is 20.7 Å². The molecule has 5 rings (SSSR count). The number of H-pyrrole nitrogens is 1. The van der Waals surface area contributed by atoms with Crippen LogP contribution in [0.15, 0.2) is 24.3 Å². The van der Waals surface area contributed by atoms with Crippen molar-refractivity contribution in [2.75, 3.05) is 31.2 Å². The molecular formula is C29H41ClN6O5S. The van der Waals surface area contributed by atoms with Gasteiger partial charge in [0.1, 0.15) is 16.7 Å². The van der Waals surface area contributed by atoms with E-state index in [0.29, 0.717) is 53.8 Å². The summed E-state index contributed by atoms with van der Waals surface area (Å²) in [6.45, 7) is 3.66. The Kier molecular flexibility index (Phi) is 9.17. The topological polar surface area (TPSA) is 162 Å². The highest BCUT2D eigenvalue weighted by molar-refractivity contribution is 7.88. The predicted octanol–water partition coefficient (Wildman–Crippen LogP) is 4.53. The molecule has 1 saturated carbocycles. The van der Waals surface area contributed by atoms with E-state index in [-0.39, 0.29) is 29.8 Å². The second-order valence-electron chi connectivity index (χ2n) is 12.3. The van der Waals surface area contributed by atoms with Crippen LogP contribution in [0.2, 0.25) is 5.15 Å². The third kappa shape index (κ3) is 6.77. The van der Waals surface area contributed by atoms with E-state index in [1.54, 1.807) is 28.6 Å². The molecule has 0 spiro atoms. The maximum Gasteiger partial charge on any atom is 0.409 e. The van der Waals surface area contributed by atoms with E-state index >= 15 is 0 Å². The zero-order valence-corrected chi connectivity index (χ0v) is 25.7. The lowest BCUT2D eigenvalue weighted by Gasteiger charge is -2.34. The number of sulfonamides is 1. The molecule has 0 bridgehead atoms. The molecule has 5 N–H and O–H groups in total. The Hall–Kier alpha value is -2.67. The Bertz CT molecular complexity index is 1380. The first-order valence-corrected chi connectivity index (χ1v) is 17.0. The highest BCUT2D eigenvalue weighted by Gasteiger charge is 2.44. The standard InChI is InChI=1S/C29H41ClN6O5S/c1-17(31)18-3-5-21(6-4-18)28(37)36-16-22(19-11-13-35(14-12-19)42(2,40)41)15-24(36)27-33-25(26(30)34-27)20-7-9-23(10-8-20)32-29(38)39/h7-10,17-19,21-22,24,32H,3-6,11-16,31H2,1-2H3,(H,33,34)(H,38,39)/t17-,18?,21?,22-,24-/m0/s1. The number of amides is 2. The monoisotopic (exact) mass is 620 g/mol. The fourth-order valence-corrected chi connectivity index (χ4v) is 8.19. The van der Waals surface area contributed by atoms with Crippen molar-refractivity contribution in [3.8, 4) is 11.3 Å². The molecule has 3 fully saturated rings. The SMILES string of the molecule is C[C@H](N)C1CCC(C(=O)N2C[C@@H](C3CCN(S(C)(=O)=O)CC3)C[C@H]2c2nc(-c3ccc(NC(=O)O)cc3)c(Cl)[nH]2)CC1. The molecule has 3 heterocycles. The number of piperidine rings is 1. The van der Waals surface area contributed by atoms with Crippen molar-refractivity contribution in [2.24, 2.45) is 29.4 Å². The van der Waals surface area contributed by atoms with Crippen LogP contribution in [0.1, 0.15) is 63.7 Å². The zero-order valence-electron chi connectivity index (χ0n) is 24.1. The molecule has 2 saturated heterocycles. The smallest absolute Gasteiger partial charge is 0.409 e. The van der Waals surface area contributed by atoms with Crippen LogP contribution in [0, 0.1) is 23.7 Å². The van der Waals surface area contributed by atoms with Crippen LogP contribution in [0.5, 0.6) is 0 Å². The fraction of sp³-hybridized carbons (Fsp3) is 0.621. The summed E-state index contributed by atoms with van der Waals surface area (Å²) in [5, 5.41) is 11.7. The number of halogens is 1. The number of nitrogens with zero attached hydrogens (tertiary/aromatic N) is 3. The van der Waals surface area contributed by atoms with Crippen LogP contribution >= 0.6 is 11.6 Å². The van der Waals surface area contributed by atoms with Gasteiger partial charge in [-0.3, -0.25) is 10.1 Å². The Balaban J connectivity index is 1.37. The maximum atomic E-state index is 14.0. The number of anilines is 1. The van der Waals surface area contributed by atoms with E-state index in [4.69, 9.17) is 27.4 Å². The summed E-state index contributed by atoms with van der Waals surface area (Å²) in [5.74, 6) is 1.73. The number of likely N-dealkylation sites (tertiary alicyclic amines) is 1. The number of hydrogen-bond donors (Lipinski definition) is 4. The number of nitrogens with two attached hydrogens (primary N) is 1. The molecule has 0 radical (unpaired) electrons. The van der Waals surface area contributed by atoms with E-state index in [9.17, 15) is 18.0 Å². The van der Waals surface area contributed by atoms with Crippen LogP contribution in [0.4, 0.5) is 10.5 Å². The second kappa shape index (κ2) is 12.5. The number of nitrogens with one attached hydrogen (secondary N) is 2. The Labute approximate surface area is 252 Å². The largest absolute Gasteiger partial charge is 0.465 e. The number of aromatic amines is 1. The molecular weight excluding hydrogens is 580 g/mol. The van der Waals surface area contributed by atoms with E-state index < -0.39 is 16.1 Å². The summed E-state index contributed by atoms with van der Waals surface area (Å²) in [6, 6.07) is 6.67. The van der Waals surface area contributed by atoms with E-state index in [1.807, 2.05) is 11.8 Å². The first-order valence-electron chi connectivity index (χ1n) is 14.8. The molecule has 3 atom stereocenters. The van der Waals surface area contributed by atoms with Crippen LogP contribution in [-0.4, -0.2) is 76.6 Å². The number of carbonyl (C=O) groups excluding carboxylic acids is 1. The molecule has 3 aliphatic rings. The number of imidazole rings is 1. The van der Waals surface area contributed by atoms with E-state index in [2.05, 4.69) is 10.3 Å². The van der Waals surface area contributed by atoms with Crippen LogP contribution in [0.3, 0.4) is 0 Å². The molecule has 2 amide bonds. The molecule has 11 nitrogen and oxygen atoms in total. The summed E-state index contributed by atoms with van der Waals surface area (Å²) < 4.78 is 25.7. The minimum absolute atomic E-state index is 0.0486. The minimum atomic E-state index is -3.22. The van der Waals surface area contributed by atoms with Crippen molar-refractivity contribution in [1.82, 2.24) is 19.2 Å². The van der Waals surface area contributed by atoms with Gasteiger partial charge in [-0.1, -0.05) is 23.7 Å². The second-order valence-corrected chi connectivity index (χ2v) is 14.6. The summed E-state index contributed by atoms with van der Waals surface area (Å²) in [5.41, 5.74) is 7.86. The van der Waals surface area contributed by atoms with Gasteiger partial charge in [0.25, 0.3) is 0 Å². The molecule has 13 heteroatoms. The Morgan fingerprint density at radius 1 is 1.10 bits per heavy atom. The molecule has 230 valence electrons. The lowest BCUT2D eigenvalue weighted by atomic mass is 9.78. The maximum absolute atomic E-state index is 14.0. The summed E-state index contributed by atoms with van der Waals surface area (Å²) in [4.78, 5) is 35.1. The number of hydrogen-bond acceptors (Lipinski definition) is 6. The number of carbonyl (C=O) groups is 2. The minimum Gasteiger partial charge on any atom is -0.465 e. The fourth-order valence-electron chi connectivity index (χ4n) is 7.07. The van der Waals surface area contributed by atoms with Gasteiger partial charge in [0.05, 0.1) is 12.3 Å². The summed E-state index contributed by atoms with van der Waals surface area (Å²) in [6.07, 6.45) is 5.94. The molecule has 1 aromatic heterocycles. The van der Waals surface area contributed by atoms with Crippen molar-refractivity contribution in [3.05, 3.63) is 35.2 Å². The highest BCUT2D eigenvalue weighted by atomic mass is 35.5. The van der Waals surface area contributed by atoms with E-state index in [1.165, 1.54) is 6.26 Å². The van der Waals surface area contributed by atoms with Gasteiger partial charge in [0.2, 0.25) is 15.9 Å². The first kappa shape index (κ1) is 30.8. The Morgan fingerprint density at radius 3 is 2.31 bits per heavy atom. The van der Waals surface area contributed by atoms with Gasteiger partial charge in [-0.25, -0.2) is 22.5 Å². The summed E-state index contributed by atoms with van der Waals surface area (Å²) in [7, 11) is -3.22.